The molecule has 1 aromatic heterocycles. The molecule has 0 aliphatic heterocycles. The van der Waals surface area contributed by atoms with Crippen LogP contribution >= 0.6 is 11.3 Å². The summed E-state index contributed by atoms with van der Waals surface area (Å²) in [6.07, 6.45) is 0. The van der Waals surface area contributed by atoms with Crippen molar-refractivity contribution in [3.05, 3.63) is 167 Å². The van der Waals surface area contributed by atoms with Crippen molar-refractivity contribution in [3.8, 4) is 22.3 Å². The van der Waals surface area contributed by atoms with Gasteiger partial charge in [-0.05, 0) is 63.1 Å². The molecule has 1 aliphatic rings. The van der Waals surface area contributed by atoms with Crippen molar-refractivity contribution in [2.75, 3.05) is 0 Å². The number of thiophene rings is 1. The van der Waals surface area contributed by atoms with Gasteiger partial charge >= 0.3 is 0 Å². The molecule has 6 aromatic carbocycles. The van der Waals surface area contributed by atoms with Gasteiger partial charge in [0, 0.05) is 20.2 Å². The minimum Gasteiger partial charge on any atom is -0.134 e. The highest BCUT2D eigenvalue weighted by molar-refractivity contribution is 7.26. The van der Waals surface area contributed by atoms with Crippen LogP contribution in [0.2, 0.25) is 0 Å². The predicted molar refractivity (Wildman–Crippen MR) is 167 cm³/mol. The fourth-order valence-electron chi connectivity index (χ4n) is 6.82. The maximum absolute atomic E-state index is 2.44. The summed E-state index contributed by atoms with van der Waals surface area (Å²) in [7, 11) is 0. The second-order valence-corrected chi connectivity index (χ2v) is 11.5. The van der Waals surface area contributed by atoms with Gasteiger partial charge in [-0.3, -0.25) is 0 Å². The van der Waals surface area contributed by atoms with Crippen LogP contribution in [0.4, 0.5) is 0 Å². The molecule has 1 heterocycles. The van der Waals surface area contributed by atoms with E-state index in [9.17, 15) is 0 Å². The Balaban J connectivity index is 1.44. The van der Waals surface area contributed by atoms with Crippen LogP contribution in [0, 0.1) is 6.92 Å². The standard InChI is InChI=1S/C38H26S/c1-25-12-9-20-32-33-21-11-19-29(37(33)39-36(25)32)26-13-10-16-28(24-26)38(27-14-3-2-4-15-27)34-22-7-5-17-30(34)31-18-6-8-23-35(31)38/h2-24H,1H3. The van der Waals surface area contributed by atoms with Crippen LogP contribution in [-0.2, 0) is 5.41 Å². The molecule has 0 bridgehead atoms. The fourth-order valence-corrected chi connectivity index (χ4v) is 8.13. The summed E-state index contributed by atoms with van der Waals surface area (Å²) in [6, 6.07) is 51.7. The summed E-state index contributed by atoms with van der Waals surface area (Å²) in [6.45, 7) is 2.22. The van der Waals surface area contributed by atoms with Crippen molar-refractivity contribution in [2.24, 2.45) is 0 Å². The Morgan fingerprint density at radius 3 is 1.77 bits per heavy atom. The van der Waals surface area contributed by atoms with E-state index >= 15 is 0 Å². The Morgan fingerprint density at radius 1 is 0.462 bits per heavy atom. The number of hydrogen-bond acceptors (Lipinski definition) is 1. The van der Waals surface area contributed by atoms with Crippen LogP contribution in [0.5, 0.6) is 0 Å². The third-order valence-electron chi connectivity index (χ3n) is 8.49. The zero-order valence-corrected chi connectivity index (χ0v) is 22.5. The lowest BCUT2D eigenvalue weighted by atomic mass is 9.67. The summed E-state index contributed by atoms with van der Waals surface area (Å²) in [5.74, 6) is 0. The number of aryl methyl sites for hydroxylation is 1. The second-order valence-electron chi connectivity index (χ2n) is 10.5. The van der Waals surface area contributed by atoms with E-state index in [-0.39, 0.29) is 5.41 Å². The topological polar surface area (TPSA) is 0 Å². The lowest BCUT2D eigenvalue weighted by Gasteiger charge is -2.34. The second kappa shape index (κ2) is 8.53. The van der Waals surface area contributed by atoms with Gasteiger partial charge in [0.15, 0.2) is 0 Å². The molecule has 0 radical (unpaired) electrons. The average Bonchev–Trinajstić information content (AvgIpc) is 3.53. The highest BCUT2D eigenvalue weighted by atomic mass is 32.1. The van der Waals surface area contributed by atoms with Crippen molar-refractivity contribution in [3.63, 3.8) is 0 Å². The summed E-state index contributed by atoms with van der Waals surface area (Å²) in [5.41, 5.74) is 11.5. The van der Waals surface area contributed by atoms with Crippen LogP contribution in [0.25, 0.3) is 42.4 Å². The van der Waals surface area contributed by atoms with Gasteiger partial charge in [-0.15, -0.1) is 11.3 Å². The molecular formula is C38H26S. The first-order chi connectivity index (χ1) is 19.3. The molecule has 0 spiro atoms. The fraction of sp³-hybridized carbons (Fsp3) is 0.0526. The molecule has 8 rings (SSSR count). The first kappa shape index (κ1) is 22.5. The summed E-state index contributed by atoms with van der Waals surface area (Å²) in [5, 5.41) is 2.70. The lowest BCUT2D eigenvalue weighted by Crippen LogP contribution is -2.28. The Morgan fingerprint density at radius 2 is 1.03 bits per heavy atom. The van der Waals surface area contributed by atoms with E-state index in [2.05, 4.69) is 146 Å². The van der Waals surface area contributed by atoms with Gasteiger partial charge < -0.3 is 0 Å². The molecule has 0 unspecified atom stereocenters. The first-order valence-electron chi connectivity index (χ1n) is 13.5. The number of rotatable bonds is 3. The monoisotopic (exact) mass is 514 g/mol. The molecule has 0 saturated heterocycles. The van der Waals surface area contributed by atoms with E-state index in [4.69, 9.17) is 0 Å². The van der Waals surface area contributed by atoms with E-state index < -0.39 is 0 Å². The molecule has 0 N–H and O–H groups in total. The first-order valence-corrected chi connectivity index (χ1v) is 14.3. The minimum absolute atomic E-state index is 0.380. The van der Waals surface area contributed by atoms with Crippen molar-refractivity contribution in [1.82, 2.24) is 0 Å². The van der Waals surface area contributed by atoms with Crippen LogP contribution in [0.3, 0.4) is 0 Å². The molecule has 0 nitrogen and oxygen atoms in total. The SMILES string of the molecule is Cc1cccc2c1sc1c(-c3cccc(C4(c5ccccc5)c5ccccc5-c5ccccc54)c3)cccc12. The van der Waals surface area contributed by atoms with E-state index in [0.29, 0.717) is 0 Å². The predicted octanol–water partition coefficient (Wildman–Crippen LogP) is 10.4. The van der Waals surface area contributed by atoms with E-state index in [0.717, 1.165) is 0 Å². The number of fused-ring (bicyclic) bond motifs is 6. The normalized spacial score (nSPS) is 13.5. The molecule has 0 amide bonds. The third-order valence-corrected chi connectivity index (χ3v) is 9.88. The zero-order chi connectivity index (χ0) is 26.0. The average molecular weight is 515 g/mol. The van der Waals surface area contributed by atoms with Gasteiger partial charge in [0.25, 0.3) is 0 Å². The maximum Gasteiger partial charge on any atom is 0.0713 e. The van der Waals surface area contributed by atoms with Crippen molar-refractivity contribution in [2.45, 2.75) is 12.3 Å². The van der Waals surface area contributed by atoms with Crippen molar-refractivity contribution in [1.29, 1.82) is 0 Å². The highest BCUT2D eigenvalue weighted by Gasteiger charge is 2.45. The van der Waals surface area contributed by atoms with Gasteiger partial charge in [-0.25, -0.2) is 0 Å². The Kier molecular flexibility index (Phi) is 4.92. The van der Waals surface area contributed by atoms with Crippen LogP contribution in [0.1, 0.15) is 27.8 Å². The Hall–Kier alpha value is -4.46. The molecule has 39 heavy (non-hydrogen) atoms. The highest BCUT2D eigenvalue weighted by Crippen LogP contribution is 2.56. The summed E-state index contributed by atoms with van der Waals surface area (Å²) >= 11 is 1.92. The molecule has 1 heteroatoms. The van der Waals surface area contributed by atoms with Gasteiger partial charge in [-0.1, -0.05) is 133 Å². The number of benzene rings is 6. The van der Waals surface area contributed by atoms with Gasteiger partial charge in [0.2, 0.25) is 0 Å². The van der Waals surface area contributed by atoms with Crippen molar-refractivity contribution >= 4 is 31.5 Å². The Bertz CT molecular complexity index is 1980. The largest absolute Gasteiger partial charge is 0.134 e. The molecule has 184 valence electrons. The number of hydrogen-bond donors (Lipinski definition) is 0. The van der Waals surface area contributed by atoms with Crippen LogP contribution in [0.15, 0.2) is 140 Å². The van der Waals surface area contributed by atoms with Crippen molar-refractivity contribution < 1.29 is 0 Å². The molecular weight excluding hydrogens is 488 g/mol. The molecule has 7 aromatic rings. The molecule has 0 saturated carbocycles. The van der Waals surface area contributed by atoms with Crippen LogP contribution < -0.4 is 0 Å². The van der Waals surface area contributed by atoms with Crippen LogP contribution in [-0.4, -0.2) is 0 Å². The van der Waals surface area contributed by atoms with E-state index in [1.165, 1.54) is 70.2 Å². The van der Waals surface area contributed by atoms with Gasteiger partial charge in [0.1, 0.15) is 0 Å². The Labute approximate surface area is 232 Å². The van der Waals surface area contributed by atoms with Gasteiger partial charge in [0.05, 0.1) is 5.41 Å². The van der Waals surface area contributed by atoms with Gasteiger partial charge in [-0.2, -0.15) is 0 Å². The van der Waals surface area contributed by atoms with E-state index in [1.807, 2.05) is 11.3 Å². The van der Waals surface area contributed by atoms with E-state index in [1.54, 1.807) is 0 Å². The minimum atomic E-state index is -0.380. The zero-order valence-electron chi connectivity index (χ0n) is 21.7. The smallest absolute Gasteiger partial charge is 0.0713 e. The molecule has 0 fully saturated rings. The molecule has 1 aliphatic carbocycles. The summed E-state index contributed by atoms with van der Waals surface area (Å²) < 4.78 is 2.75. The maximum atomic E-state index is 2.44. The third kappa shape index (κ3) is 3.11. The lowest BCUT2D eigenvalue weighted by molar-refractivity contribution is 0.769. The molecule has 0 atom stereocenters. The quantitative estimate of drug-likeness (QED) is 0.220. The summed E-state index contributed by atoms with van der Waals surface area (Å²) in [4.78, 5) is 0.